The predicted molar refractivity (Wildman–Crippen MR) is 86.9 cm³/mol. The van der Waals surface area contributed by atoms with Gasteiger partial charge in [-0.3, -0.25) is 14.4 Å². The van der Waals surface area contributed by atoms with E-state index in [9.17, 15) is 14.4 Å². The Balaban J connectivity index is 2.13. The third-order valence-electron chi connectivity index (χ3n) is 6.75. The van der Waals surface area contributed by atoms with E-state index in [-0.39, 0.29) is 11.8 Å². The lowest BCUT2D eigenvalue weighted by molar-refractivity contribution is -0.237. The Kier molecular flexibility index (Phi) is 3.29. The van der Waals surface area contributed by atoms with Crippen LogP contribution in [0.25, 0.3) is 0 Å². The maximum atomic E-state index is 13.1. The molecular weight excluding hydrogens is 308 g/mol. The second-order valence-electron chi connectivity index (χ2n) is 8.45. The summed E-state index contributed by atoms with van der Waals surface area (Å²) in [5.74, 6) is -2.53. The lowest BCUT2D eigenvalue weighted by Crippen LogP contribution is -2.70. The summed E-state index contributed by atoms with van der Waals surface area (Å²) in [6.45, 7) is 10.3. The monoisotopic (exact) mass is 338 g/mol. The van der Waals surface area contributed by atoms with E-state index in [1.54, 1.807) is 6.92 Å². The highest BCUT2D eigenvalue weighted by molar-refractivity contribution is 5.86. The number of ketones is 1. The Hall–Kier alpha value is -1.39. The third kappa shape index (κ3) is 2.16. The summed E-state index contributed by atoms with van der Waals surface area (Å²) in [5, 5.41) is 0. The van der Waals surface area contributed by atoms with E-state index >= 15 is 0 Å². The van der Waals surface area contributed by atoms with E-state index in [1.165, 1.54) is 13.8 Å². The quantitative estimate of drug-likeness (QED) is 0.724. The molecule has 5 heteroatoms. The van der Waals surface area contributed by atoms with Gasteiger partial charge in [0.1, 0.15) is 18.0 Å². The molecule has 134 valence electrons. The third-order valence-corrected chi connectivity index (χ3v) is 6.75. The van der Waals surface area contributed by atoms with Crippen molar-refractivity contribution in [1.82, 2.24) is 0 Å². The van der Waals surface area contributed by atoms with E-state index in [2.05, 4.69) is 0 Å². The highest BCUT2D eigenvalue weighted by Crippen LogP contribution is 2.73. The molecule has 4 bridgehead atoms. The van der Waals surface area contributed by atoms with Crippen LogP contribution in [-0.2, 0) is 23.9 Å². The second-order valence-corrected chi connectivity index (χ2v) is 8.45. The van der Waals surface area contributed by atoms with Crippen LogP contribution in [-0.4, -0.2) is 29.9 Å². The maximum Gasteiger partial charge on any atom is 0.302 e. The van der Waals surface area contributed by atoms with Gasteiger partial charge in [-0.05, 0) is 17.8 Å². The Morgan fingerprint density at radius 3 is 2.12 bits per heavy atom. The first kappa shape index (κ1) is 14.9. The average Bonchev–Trinajstić information content (AvgIpc) is 2.57. The van der Waals surface area contributed by atoms with Gasteiger partial charge in [-0.15, -0.1) is 0 Å². The van der Waals surface area contributed by atoms with Gasteiger partial charge < -0.3 is 9.47 Å². The van der Waals surface area contributed by atoms with Gasteiger partial charge in [0, 0.05) is 46.1 Å². The minimum absolute atomic E-state index is 0.108. The molecule has 0 radical (unpaired) electrons. The van der Waals surface area contributed by atoms with E-state index in [1.807, 2.05) is 20.8 Å². The van der Waals surface area contributed by atoms with Crippen molar-refractivity contribution in [2.24, 2.45) is 34.5 Å². The van der Waals surface area contributed by atoms with Crippen LogP contribution in [0.1, 0.15) is 57.1 Å². The Bertz CT molecular complexity index is 673. The van der Waals surface area contributed by atoms with Crippen LogP contribution < -0.4 is 0 Å². The molecule has 0 heterocycles. The van der Waals surface area contributed by atoms with Gasteiger partial charge in [-0.2, -0.15) is 0 Å². The Morgan fingerprint density at radius 2 is 1.62 bits per heavy atom. The molecule has 4 aliphatic carbocycles. The van der Waals surface area contributed by atoms with Crippen molar-refractivity contribution in [1.29, 1.82) is 0 Å². The average molecular weight is 338 g/mol. The molecule has 0 saturated heterocycles. The fraction of sp³-hybridized carbons (Fsp3) is 0.842. The van der Waals surface area contributed by atoms with Gasteiger partial charge in [0.15, 0.2) is 0 Å². The zero-order valence-corrected chi connectivity index (χ0v) is 15.2. The zero-order valence-electron chi connectivity index (χ0n) is 17.2. The lowest BCUT2D eigenvalue weighted by atomic mass is 9.35. The fourth-order valence-corrected chi connectivity index (χ4v) is 5.82. The summed E-state index contributed by atoms with van der Waals surface area (Å²) in [5.41, 5.74) is -1.15. The molecule has 24 heavy (non-hydrogen) atoms. The standard InChI is InChI=1S/C19H28O5/c1-9-7-12(22)16-17-15(9)19(16,6)14(24-11(3)21)8-13(18(17,4)5)23-10(2)20/h9,13-17H,7-8H2,1-6H3/t9-,13+,14+,15?,16?,17?,19?/m0/s1/i7D2. The summed E-state index contributed by atoms with van der Waals surface area (Å²) in [6.07, 6.45) is -2.63. The molecule has 5 nitrogen and oxygen atoms in total. The first-order valence-corrected chi connectivity index (χ1v) is 8.66. The van der Waals surface area contributed by atoms with Crippen molar-refractivity contribution in [3.05, 3.63) is 0 Å². The molecule has 0 aromatic carbocycles. The summed E-state index contributed by atoms with van der Waals surface area (Å²) in [4.78, 5) is 36.5. The van der Waals surface area contributed by atoms with Crippen LogP contribution in [0.4, 0.5) is 0 Å². The van der Waals surface area contributed by atoms with Crippen molar-refractivity contribution >= 4 is 17.7 Å². The minimum atomic E-state index is -1.89. The molecular formula is C19H28O5. The first-order valence-electron chi connectivity index (χ1n) is 9.66. The number of ether oxygens (including phenoxy) is 2. The smallest absolute Gasteiger partial charge is 0.302 e. The van der Waals surface area contributed by atoms with E-state index in [4.69, 9.17) is 12.2 Å². The molecule has 4 rings (SSSR count). The molecule has 0 spiro atoms. The topological polar surface area (TPSA) is 69.7 Å². The van der Waals surface area contributed by atoms with E-state index in [0.717, 1.165) is 0 Å². The van der Waals surface area contributed by atoms with Crippen LogP contribution in [0.2, 0.25) is 0 Å². The number of Topliss-reactive ketones (excluding diaryl/α,β-unsaturated/α-hetero) is 1. The van der Waals surface area contributed by atoms with E-state index in [0.29, 0.717) is 6.42 Å². The largest absolute Gasteiger partial charge is 0.462 e. The van der Waals surface area contributed by atoms with Gasteiger partial charge >= 0.3 is 11.9 Å². The fourth-order valence-electron chi connectivity index (χ4n) is 5.82. The van der Waals surface area contributed by atoms with Crippen LogP contribution >= 0.6 is 0 Å². The highest BCUT2D eigenvalue weighted by atomic mass is 16.6. The number of hydrogen-bond acceptors (Lipinski definition) is 5. The SMILES string of the molecule is [2H]C1([2H])C(=O)C2C3C([C@H]1C)C2(C)[C@H](OC(C)=O)C[C@@H](OC(C)=O)C3(C)C. The number of carbonyl (C=O) groups excluding carboxylic acids is 3. The van der Waals surface area contributed by atoms with Gasteiger partial charge in [0.05, 0.1) is 0 Å². The summed E-state index contributed by atoms with van der Waals surface area (Å²) < 4.78 is 27.7. The van der Waals surface area contributed by atoms with Crippen molar-refractivity contribution in [3.63, 3.8) is 0 Å². The van der Waals surface area contributed by atoms with E-state index < -0.39 is 59.0 Å². The molecule has 4 saturated carbocycles. The molecule has 0 aliphatic heterocycles. The lowest BCUT2D eigenvalue weighted by Gasteiger charge is -2.68. The van der Waals surface area contributed by atoms with Crippen LogP contribution in [0.3, 0.4) is 0 Å². The second kappa shape index (κ2) is 5.30. The summed E-state index contributed by atoms with van der Waals surface area (Å²) in [6, 6.07) is 0. The van der Waals surface area contributed by atoms with Crippen molar-refractivity contribution in [3.8, 4) is 0 Å². The number of carbonyl (C=O) groups is 3. The predicted octanol–water partition coefficient (Wildman–Crippen LogP) is 2.76. The van der Waals surface area contributed by atoms with Crippen molar-refractivity contribution in [2.75, 3.05) is 0 Å². The molecule has 0 amide bonds. The molecule has 4 fully saturated rings. The zero-order chi connectivity index (χ0) is 19.8. The Morgan fingerprint density at radius 1 is 1.08 bits per heavy atom. The number of rotatable bonds is 2. The molecule has 0 aromatic heterocycles. The molecule has 4 aliphatic rings. The van der Waals surface area contributed by atoms with Crippen molar-refractivity contribution in [2.45, 2.75) is 66.5 Å². The summed E-state index contributed by atoms with van der Waals surface area (Å²) in [7, 11) is 0. The minimum Gasteiger partial charge on any atom is -0.462 e. The Labute approximate surface area is 146 Å². The van der Waals surface area contributed by atoms with Gasteiger partial charge in [-0.1, -0.05) is 27.7 Å². The maximum absolute atomic E-state index is 13.1. The molecule has 7 atom stereocenters. The molecule has 0 aromatic rings. The number of fused-ring (bicyclic) bond motifs is 2. The number of esters is 2. The van der Waals surface area contributed by atoms with Gasteiger partial charge in [-0.25, -0.2) is 0 Å². The highest BCUT2D eigenvalue weighted by Gasteiger charge is 2.75. The van der Waals surface area contributed by atoms with Gasteiger partial charge in [0.2, 0.25) is 0 Å². The van der Waals surface area contributed by atoms with Crippen LogP contribution in [0.5, 0.6) is 0 Å². The number of hydrogen-bond donors (Lipinski definition) is 0. The van der Waals surface area contributed by atoms with Crippen LogP contribution in [0, 0.1) is 34.5 Å². The summed E-state index contributed by atoms with van der Waals surface area (Å²) >= 11 is 0. The van der Waals surface area contributed by atoms with Gasteiger partial charge in [0.25, 0.3) is 0 Å². The molecule has 4 unspecified atom stereocenters. The molecule has 0 N–H and O–H groups in total. The normalized spacial score (nSPS) is 49.0. The van der Waals surface area contributed by atoms with Crippen LogP contribution in [0.15, 0.2) is 0 Å². The first-order chi connectivity index (χ1) is 11.8. The van der Waals surface area contributed by atoms with Crippen molar-refractivity contribution < 1.29 is 26.6 Å².